The van der Waals surface area contributed by atoms with Gasteiger partial charge in [-0.2, -0.15) is 0 Å². The third-order valence-electron chi connectivity index (χ3n) is 4.16. The van der Waals surface area contributed by atoms with E-state index in [1.807, 2.05) is 42.3 Å². The first-order valence-electron chi connectivity index (χ1n) is 7.89. The molecule has 0 spiro atoms. The average molecular weight is 404 g/mol. The number of nitrogens with zero attached hydrogens (tertiary/aromatic N) is 1. The lowest BCUT2D eigenvalue weighted by molar-refractivity contribution is 0.0692. The summed E-state index contributed by atoms with van der Waals surface area (Å²) in [5.41, 5.74) is 2.10. The van der Waals surface area contributed by atoms with Crippen LogP contribution in [0.1, 0.15) is 10.4 Å². The zero-order valence-corrected chi connectivity index (χ0v) is 15.8. The van der Waals surface area contributed by atoms with E-state index in [-0.39, 0.29) is 0 Å². The van der Waals surface area contributed by atoms with Gasteiger partial charge in [-0.15, -0.1) is 0 Å². The maximum Gasteiger partial charge on any atom is 0.338 e. The number of benzene rings is 3. The van der Waals surface area contributed by atoms with Crippen molar-refractivity contribution in [2.24, 2.45) is 0 Å². The van der Waals surface area contributed by atoms with Gasteiger partial charge in [0.05, 0.1) is 21.2 Å². The Morgan fingerprint density at radius 3 is 2.44 bits per heavy atom. The van der Waals surface area contributed by atoms with Crippen LogP contribution in [0.5, 0.6) is 0 Å². The van der Waals surface area contributed by atoms with Gasteiger partial charge in [-0.3, -0.25) is 0 Å². The highest BCUT2D eigenvalue weighted by molar-refractivity contribution is 7.94. The summed E-state index contributed by atoms with van der Waals surface area (Å²) in [6.45, 7) is 0. The quantitative estimate of drug-likeness (QED) is 0.498. The molecule has 4 nitrogen and oxygen atoms in total. The zero-order chi connectivity index (χ0) is 19.6. The van der Waals surface area contributed by atoms with Gasteiger partial charge in [0.15, 0.2) is 0 Å². The summed E-state index contributed by atoms with van der Waals surface area (Å²) in [4.78, 5) is 13.6. The van der Waals surface area contributed by atoms with E-state index in [4.69, 9.17) is 16.7 Å². The number of hydrogen-bond donors (Lipinski definition) is 2. The third-order valence-corrected chi connectivity index (χ3v) is 5.00. The van der Waals surface area contributed by atoms with E-state index >= 15 is 0 Å². The highest BCUT2D eigenvalue weighted by Crippen LogP contribution is 2.40. The monoisotopic (exact) mass is 403 g/mol. The molecule has 0 bridgehead atoms. The normalized spacial score (nSPS) is 10.7. The first-order chi connectivity index (χ1) is 12.9. The first-order valence-corrected chi connectivity index (χ1v) is 9.04. The summed E-state index contributed by atoms with van der Waals surface area (Å²) < 4.78 is 23.4. The molecule has 3 aromatic rings. The molecule has 3 rings (SSSR count). The molecule has 0 aliphatic rings. The standard InChI is InChI=1S/C20H15ClFNO3S/c1-23(13-5-3-2-4-6-13)18-11-16(21)14(10-19(18)27-26)12-7-8-17(22)15(9-12)20(24)25/h2-11,26H,1H3,(H,24,25). The molecule has 7 heteroatoms. The SMILES string of the molecule is CN(c1ccccc1)c1cc(Cl)c(-c2ccc(F)c(C(=O)O)c2)cc1SO. The fourth-order valence-corrected chi connectivity index (χ4v) is 3.47. The van der Waals surface area contributed by atoms with Crippen LogP contribution in [0.2, 0.25) is 5.02 Å². The second-order valence-corrected chi connectivity index (χ2v) is 6.82. The van der Waals surface area contributed by atoms with E-state index in [9.17, 15) is 13.7 Å². The summed E-state index contributed by atoms with van der Waals surface area (Å²) in [5, 5.41) is 9.48. The molecular formula is C20H15ClFNO3S. The van der Waals surface area contributed by atoms with Crippen molar-refractivity contribution in [1.82, 2.24) is 0 Å². The first kappa shape index (κ1) is 19.2. The number of carboxylic acids is 1. The van der Waals surface area contributed by atoms with Crippen LogP contribution in [0, 0.1) is 5.82 Å². The molecular weight excluding hydrogens is 389 g/mol. The number of aromatic carboxylic acids is 1. The molecule has 0 aromatic heterocycles. The molecule has 0 saturated carbocycles. The van der Waals surface area contributed by atoms with E-state index in [0.29, 0.717) is 38.8 Å². The topological polar surface area (TPSA) is 60.8 Å². The van der Waals surface area contributed by atoms with Crippen molar-refractivity contribution >= 4 is 41.0 Å². The van der Waals surface area contributed by atoms with Crippen molar-refractivity contribution in [2.45, 2.75) is 4.90 Å². The zero-order valence-electron chi connectivity index (χ0n) is 14.2. The van der Waals surface area contributed by atoms with Crippen molar-refractivity contribution in [3.63, 3.8) is 0 Å². The average Bonchev–Trinajstić information content (AvgIpc) is 2.68. The second-order valence-electron chi connectivity index (χ2n) is 5.79. The number of rotatable bonds is 5. The van der Waals surface area contributed by atoms with Crippen molar-refractivity contribution < 1.29 is 18.8 Å². The highest BCUT2D eigenvalue weighted by atomic mass is 35.5. The summed E-state index contributed by atoms with van der Waals surface area (Å²) in [6, 6.07) is 16.7. The minimum absolute atomic E-state index is 0.355. The molecule has 0 aliphatic heterocycles. The highest BCUT2D eigenvalue weighted by Gasteiger charge is 2.17. The Morgan fingerprint density at radius 1 is 1.11 bits per heavy atom. The molecule has 0 unspecified atom stereocenters. The molecule has 0 fully saturated rings. The van der Waals surface area contributed by atoms with Crippen molar-refractivity contribution in [2.75, 3.05) is 11.9 Å². The van der Waals surface area contributed by atoms with Crippen molar-refractivity contribution in [1.29, 1.82) is 0 Å². The number of carboxylic acid groups (broad SMARTS) is 1. The van der Waals surface area contributed by atoms with E-state index < -0.39 is 17.3 Å². The smallest absolute Gasteiger partial charge is 0.338 e. The number of para-hydroxylation sites is 1. The van der Waals surface area contributed by atoms with Crippen molar-refractivity contribution in [3.8, 4) is 11.1 Å². The summed E-state index contributed by atoms with van der Waals surface area (Å²) in [7, 11) is 1.85. The molecule has 3 aromatic carbocycles. The Balaban J connectivity index is 2.10. The van der Waals surface area contributed by atoms with E-state index in [1.165, 1.54) is 12.1 Å². The fourth-order valence-electron chi connectivity index (χ4n) is 2.75. The molecule has 0 heterocycles. The summed E-state index contributed by atoms with van der Waals surface area (Å²) >= 11 is 7.00. The summed E-state index contributed by atoms with van der Waals surface area (Å²) in [6.07, 6.45) is 0. The minimum atomic E-state index is -1.36. The predicted octanol–water partition coefficient (Wildman–Crippen LogP) is 6.18. The van der Waals surface area contributed by atoms with Crippen LogP contribution in [-0.2, 0) is 0 Å². The molecule has 0 saturated heterocycles. The number of hydrogen-bond acceptors (Lipinski definition) is 4. The van der Waals surface area contributed by atoms with E-state index in [1.54, 1.807) is 12.1 Å². The van der Waals surface area contributed by atoms with Gasteiger partial charge in [-0.05, 0) is 42.0 Å². The molecule has 0 radical (unpaired) electrons. The molecule has 0 aliphatic carbocycles. The van der Waals surface area contributed by atoms with Gasteiger partial charge in [-0.25, -0.2) is 9.18 Å². The van der Waals surface area contributed by atoms with Crippen LogP contribution >= 0.6 is 23.6 Å². The maximum absolute atomic E-state index is 13.7. The maximum atomic E-state index is 13.7. The van der Waals surface area contributed by atoms with Gasteiger partial charge in [0.1, 0.15) is 5.82 Å². The molecule has 138 valence electrons. The Hall–Kier alpha value is -2.54. The molecule has 0 atom stereocenters. The van der Waals surface area contributed by atoms with Crippen LogP contribution in [-0.4, -0.2) is 22.7 Å². The van der Waals surface area contributed by atoms with Gasteiger partial charge >= 0.3 is 5.97 Å². The van der Waals surface area contributed by atoms with Crippen LogP contribution in [0.15, 0.2) is 65.6 Å². The van der Waals surface area contributed by atoms with Gasteiger partial charge in [-0.1, -0.05) is 35.9 Å². The molecule has 0 amide bonds. The Kier molecular flexibility index (Phi) is 5.70. The molecule has 2 N–H and O–H groups in total. The number of halogens is 2. The molecule has 27 heavy (non-hydrogen) atoms. The fraction of sp³-hybridized carbons (Fsp3) is 0.0500. The Morgan fingerprint density at radius 2 is 1.81 bits per heavy atom. The minimum Gasteiger partial charge on any atom is -0.478 e. The van der Waals surface area contributed by atoms with Crippen LogP contribution in [0.3, 0.4) is 0 Å². The van der Waals surface area contributed by atoms with Crippen LogP contribution in [0.4, 0.5) is 15.8 Å². The van der Waals surface area contributed by atoms with E-state index in [2.05, 4.69) is 0 Å². The summed E-state index contributed by atoms with van der Waals surface area (Å²) in [5.74, 6) is -2.18. The van der Waals surface area contributed by atoms with Crippen LogP contribution in [0.25, 0.3) is 11.1 Å². The van der Waals surface area contributed by atoms with Gasteiger partial charge in [0.25, 0.3) is 0 Å². The Bertz CT molecular complexity index is 998. The number of anilines is 2. The largest absolute Gasteiger partial charge is 0.478 e. The van der Waals surface area contributed by atoms with Crippen molar-refractivity contribution in [3.05, 3.63) is 77.1 Å². The lowest BCUT2D eigenvalue weighted by Gasteiger charge is -2.23. The van der Waals surface area contributed by atoms with Crippen LogP contribution < -0.4 is 4.90 Å². The third kappa shape index (κ3) is 3.93. The van der Waals surface area contributed by atoms with E-state index in [0.717, 1.165) is 11.8 Å². The Labute approximate surface area is 165 Å². The van der Waals surface area contributed by atoms with Gasteiger partial charge in [0.2, 0.25) is 0 Å². The number of carbonyl (C=O) groups is 1. The predicted molar refractivity (Wildman–Crippen MR) is 107 cm³/mol. The lowest BCUT2D eigenvalue weighted by Crippen LogP contribution is -2.10. The lowest BCUT2D eigenvalue weighted by atomic mass is 10.0. The van der Waals surface area contributed by atoms with Gasteiger partial charge < -0.3 is 14.6 Å². The van der Waals surface area contributed by atoms with Gasteiger partial charge in [0, 0.05) is 30.3 Å². The second kappa shape index (κ2) is 8.00.